The number of methoxy groups -OCH3 is 1. The Morgan fingerprint density at radius 1 is 1.24 bits per heavy atom. The van der Waals surface area contributed by atoms with Gasteiger partial charge in [-0.1, -0.05) is 0 Å². The van der Waals surface area contributed by atoms with E-state index < -0.39 is 0 Å². The molecular weight excluding hydrogens is 268 g/mol. The van der Waals surface area contributed by atoms with Gasteiger partial charge in [0.2, 0.25) is 0 Å². The Hall–Kier alpha value is -2.86. The predicted octanol–water partition coefficient (Wildman–Crippen LogP) is 1.64. The van der Waals surface area contributed by atoms with E-state index in [0.717, 1.165) is 22.5 Å². The first-order valence-corrected chi connectivity index (χ1v) is 6.35. The maximum atomic E-state index is 11.6. The number of nitrogens with two attached hydrogens (primary N) is 1. The van der Waals surface area contributed by atoms with Gasteiger partial charge in [0, 0.05) is 11.3 Å². The molecule has 0 saturated carbocycles. The van der Waals surface area contributed by atoms with Crippen LogP contribution in [0.5, 0.6) is 5.75 Å². The van der Waals surface area contributed by atoms with Crippen LogP contribution in [0.25, 0.3) is 16.7 Å². The van der Waals surface area contributed by atoms with Crippen LogP contribution in [-0.2, 0) is 0 Å². The third kappa shape index (κ3) is 2.32. The fourth-order valence-electron chi connectivity index (χ4n) is 2.18. The van der Waals surface area contributed by atoms with Crippen molar-refractivity contribution in [3.63, 3.8) is 0 Å². The van der Waals surface area contributed by atoms with Gasteiger partial charge in [-0.15, -0.1) is 0 Å². The largest absolute Gasteiger partial charge is 0.497 e. The normalized spacial score (nSPS) is 10.6. The van der Waals surface area contributed by atoms with Crippen molar-refractivity contribution in [2.45, 2.75) is 0 Å². The molecule has 3 aromatic rings. The lowest BCUT2D eigenvalue weighted by Crippen LogP contribution is -2.29. The van der Waals surface area contributed by atoms with Crippen LogP contribution in [0.3, 0.4) is 0 Å². The quantitative estimate of drug-likeness (QED) is 0.434. The van der Waals surface area contributed by atoms with Crippen LogP contribution >= 0.6 is 0 Å². The van der Waals surface area contributed by atoms with Crippen molar-refractivity contribution < 1.29 is 9.53 Å². The van der Waals surface area contributed by atoms with E-state index in [1.54, 1.807) is 31.6 Å². The van der Waals surface area contributed by atoms with Crippen LogP contribution in [0.2, 0.25) is 0 Å². The number of nitrogen functional groups attached to an aromatic ring is 1. The number of hydrogen-bond acceptors (Lipinski definition) is 4. The van der Waals surface area contributed by atoms with E-state index in [1.165, 1.54) is 0 Å². The highest BCUT2D eigenvalue weighted by molar-refractivity contribution is 5.97. The van der Waals surface area contributed by atoms with Gasteiger partial charge in [-0.2, -0.15) is 0 Å². The molecule has 0 fully saturated rings. The van der Waals surface area contributed by atoms with Crippen molar-refractivity contribution in [2.75, 3.05) is 7.11 Å². The Labute approximate surface area is 121 Å². The number of hydrogen-bond donors (Lipinski definition) is 2. The number of carbonyl (C=O) groups excluding carboxylic acids is 1. The monoisotopic (exact) mass is 282 g/mol. The van der Waals surface area contributed by atoms with Crippen LogP contribution < -0.4 is 16.0 Å². The second-order valence-corrected chi connectivity index (χ2v) is 4.49. The summed E-state index contributed by atoms with van der Waals surface area (Å²) in [6, 6.07) is 12.8. The third-order valence-electron chi connectivity index (χ3n) is 3.29. The van der Waals surface area contributed by atoms with E-state index in [4.69, 9.17) is 10.6 Å². The van der Waals surface area contributed by atoms with Gasteiger partial charge in [0.05, 0.1) is 18.1 Å². The lowest BCUT2D eigenvalue weighted by atomic mass is 10.2. The number of benzene rings is 2. The summed E-state index contributed by atoms with van der Waals surface area (Å²) in [5, 5.41) is 0. The zero-order valence-corrected chi connectivity index (χ0v) is 11.4. The predicted molar refractivity (Wildman–Crippen MR) is 79.3 cm³/mol. The van der Waals surface area contributed by atoms with Crippen molar-refractivity contribution in [3.8, 4) is 11.4 Å². The molecular formula is C15H14N4O2. The molecule has 106 valence electrons. The number of ether oxygens (including phenoxy) is 1. The minimum atomic E-state index is -0.334. The van der Waals surface area contributed by atoms with E-state index in [2.05, 4.69) is 10.4 Å². The highest BCUT2D eigenvalue weighted by Gasteiger charge is 2.09. The molecule has 2 aromatic carbocycles. The fraction of sp³-hybridized carbons (Fsp3) is 0.0667. The van der Waals surface area contributed by atoms with E-state index in [-0.39, 0.29) is 5.91 Å². The van der Waals surface area contributed by atoms with Gasteiger partial charge in [-0.3, -0.25) is 14.8 Å². The first-order valence-electron chi connectivity index (χ1n) is 6.35. The molecule has 0 aliphatic carbocycles. The summed E-state index contributed by atoms with van der Waals surface area (Å²) in [6.45, 7) is 0. The Kier molecular flexibility index (Phi) is 3.29. The van der Waals surface area contributed by atoms with Gasteiger partial charge in [0.15, 0.2) is 0 Å². The molecule has 0 saturated heterocycles. The lowest BCUT2D eigenvalue weighted by molar-refractivity contribution is 0.0954. The number of rotatable bonds is 3. The highest BCUT2D eigenvalue weighted by atomic mass is 16.5. The minimum Gasteiger partial charge on any atom is -0.497 e. The molecule has 0 unspecified atom stereocenters. The zero-order valence-electron chi connectivity index (χ0n) is 11.4. The van der Waals surface area contributed by atoms with Gasteiger partial charge in [0.25, 0.3) is 5.91 Å². The Morgan fingerprint density at radius 2 is 2.00 bits per heavy atom. The molecule has 1 aromatic heterocycles. The summed E-state index contributed by atoms with van der Waals surface area (Å²) >= 11 is 0. The van der Waals surface area contributed by atoms with Gasteiger partial charge < -0.3 is 4.74 Å². The first kappa shape index (κ1) is 13.1. The smallest absolute Gasteiger partial charge is 0.265 e. The van der Waals surface area contributed by atoms with E-state index >= 15 is 0 Å². The number of hydrazine groups is 1. The Balaban J connectivity index is 2.11. The Morgan fingerprint density at radius 3 is 2.67 bits per heavy atom. The standard InChI is InChI=1S/C15H14N4O2/c1-21-12-5-3-11(4-6-12)19-9-17-13-7-2-10(8-14(13)19)15(20)18-16/h2-9H,16H2,1H3,(H,18,20). The summed E-state index contributed by atoms with van der Waals surface area (Å²) < 4.78 is 7.05. The maximum Gasteiger partial charge on any atom is 0.265 e. The van der Waals surface area contributed by atoms with Crippen molar-refractivity contribution in [1.82, 2.24) is 15.0 Å². The average Bonchev–Trinajstić information content (AvgIpc) is 2.97. The lowest BCUT2D eigenvalue weighted by Gasteiger charge is -2.06. The van der Waals surface area contributed by atoms with Crippen molar-refractivity contribution >= 4 is 16.9 Å². The fourth-order valence-corrected chi connectivity index (χ4v) is 2.18. The summed E-state index contributed by atoms with van der Waals surface area (Å²) in [4.78, 5) is 16.0. The van der Waals surface area contributed by atoms with Gasteiger partial charge in [-0.25, -0.2) is 10.8 Å². The third-order valence-corrected chi connectivity index (χ3v) is 3.29. The van der Waals surface area contributed by atoms with Crippen molar-refractivity contribution in [1.29, 1.82) is 0 Å². The van der Waals surface area contributed by atoms with E-state index in [1.807, 2.05) is 28.8 Å². The van der Waals surface area contributed by atoms with Crippen molar-refractivity contribution in [2.24, 2.45) is 5.84 Å². The molecule has 0 bridgehead atoms. The van der Waals surface area contributed by atoms with Crippen LogP contribution in [0, 0.1) is 0 Å². The van der Waals surface area contributed by atoms with Crippen LogP contribution in [0.4, 0.5) is 0 Å². The topological polar surface area (TPSA) is 82.2 Å². The van der Waals surface area contributed by atoms with Crippen molar-refractivity contribution in [3.05, 3.63) is 54.4 Å². The number of nitrogens with one attached hydrogen (secondary N) is 1. The van der Waals surface area contributed by atoms with E-state index in [9.17, 15) is 4.79 Å². The number of imidazole rings is 1. The average molecular weight is 282 g/mol. The molecule has 3 N–H and O–H groups in total. The zero-order chi connectivity index (χ0) is 14.8. The summed E-state index contributed by atoms with van der Waals surface area (Å²) in [5.74, 6) is 5.62. The molecule has 0 aliphatic rings. The number of fused-ring (bicyclic) bond motifs is 1. The molecule has 0 atom stereocenters. The van der Waals surface area contributed by atoms with Crippen LogP contribution in [0.15, 0.2) is 48.8 Å². The second kappa shape index (κ2) is 5.26. The van der Waals surface area contributed by atoms with Crippen LogP contribution in [0.1, 0.15) is 10.4 Å². The first-order chi connectivity index (χ1) is 10.2. The van der Waals surface area contributed by atoms with E-state index in [0.29, 0.717) is 5.56 Å². The van der Waals surface area contributed by atoms with Gasteiger partial charge in [-0.05, 0) is 42.5 Å². The second-order valence-electron chi connectivity index (χ2n) is 4.49. The molecule has 6 heteroatoms. The minimum absolute atomic E-state index is 0.334. The van der Waals surface area contributed by atoms with Gasteiger partial charge in [0.1, 0.15) is 12.1 Å². The molecule has 1 heterocycles. The number of aromatic nitrogens is 2. The maximum absolute atomic E-state index is 11.6. The number of carbonyl (C=O) groups is 1. The van der Waals surface area contributed by atoms with Gasteiger partial charge >= 0.3 is 0 Å². The molecule has 6 nitrogen and oxygen atoms in total. The Bertz CT molecular complexity index is 793. The molecule has 1 amide bonds. The highest BCUT2D eigenvalue weighted by Crippen LogP contribution is 2.21. The molecule has 21 heavy (non-hydrogen) atoms. The number of nitrogens with zero attached hydrogens (tertiary/aromatic N) is 2. The molecule has 3 rings (SSSR count). The summed E-state index contributed by atoms with van der Waals surface area (Å²) in [6.07, 6.45) is 1.72. The summed E-state index contributed by atoms with van der Waals surface area (Å²) in [5.41, 5.74) is 5.19. The number of amides is 1. The van der Waals surface area contributed by atoms with Crippen LogP contribution in [-0.4, -0.2) is 22.6 Å². The summed E-state index contributed by atoms with van der Waals surface area (Å²) in [7, 11) is 1.62. The SMILES string of the molecule is COc1ccc(-n2cnc3ccc(C(=O)NN)cc32)cc1. The molecule has 0 radical (unpaired) electrons. The molecule has 0 aliphatic heterocycles. The molecule has 0 spiro atoms.